The van der Waals surface area contributed by atoms with Gasteiger partial charge in [0.15, 0.2) is 17.3 Å². The van der Waals surface area contributed by atoms with Gasteiger partial charge in [0, 0.05) is 17.5 Å². The number of aromatic nitrogens is 9. The minimum atomic E-state index is -0.342. The molecule has 0 saturated carbocycles. The molecule has 0 spiro atoms. The molecule has 12 heteroatoms. The Balaban J connectivity index is 1.65. The third-order valence-corrected chi connectivity index (χ3v) is 6.14. The molecule has 1 unspecified atom stereocenters. The van der Waals surface area contributed by atoms with Crippen molar-refractivity contribution in [1.82, 2.24) is 50.1 Å². The Morgan fingerprint density at radius 1 is 1.31 bits per heavy atom. The number of nitrogens with zero attached hydrogens (tertiary/aromatic N) is 8. The number of nitrogens with one attached hydrogen (secondary N) is 2. The zero-order chi connectivity index (χ0) is 22.2. The zero-order valence-corrected chi connectivity index (χ0v) is 18.5. The lowest BCUT2D eigenvalue weighted by Crippen LogP contribution is -2.28. The number of aryl methyl sites for hydroxylation is 2. The largest absolute Gasteiger partial charge is 0.342 e. The molecule has 5 aromatic rings. The number of fused-ring (bicyclic) bond motifs is 1. The fraction of sp³-hybridized carbons (Fsp3) is 0.250. The Hall–Kier alpha value is -3.93. The summed E-state index contributed by atoms with van der Waals surface area (Å²) in [6.07, 6.45) is 5.70. The van der Waals surface area contributed by atoms with Crippen LogP contribution in [0.25, 0.3) is 21.9 Å². The van der Waals surface area contributed by atoms with Gasteiger partial charge in [-0.1, -0.05) is 6.92 Å². The van der Waals surface area contributed by atoms with Crippen molar-refractivity contribution in [1.29, 1.82) is 0 Å². The van der Waals surface area contributed by atoms with Gasteiger partial charge in [0.05, 0.1) is 28.4 Å². The SMILES string of the molecule is CCc1nnnn1-c1cc(C(=O)NC(C)c2nnc[nH]2)cn2c(-c3ccc(C)s3)cnc12. The second-order valence-electron chi connectivity index (χ2n) is 7.29. The summed E-state index contributed by atoms with van der Waals surface area (Å²) in [5, 5.41) is 22.8. The molecule has 0 aromatic carbocycles. The Kier molecular flexibility index (Phi) is 4.98. The Bertz CT molecular complexity index is 1400. The first kappa shape index (κ1) is 20.0. The van der Waals surface area contributed by atoms with Crippen LogP contribution in [0.4, 0.5) is 0 Å². The molecule has 0 bridgehead atoms. The third kappa shape index (κ3) is 3.43. The van der Waals surface area contributed by atoms with E-state index in [1.54, 1.807) is 34.5 Å². The number of carbonyl (C=O) groups excluding carboxylic acids is 1. The van der Waals surface area contributed by atoms with Gasteiger partial charge >= 0.3 is 0 Å². The number of imidazole rings is 1. The van der Waals surface area contributed by atoms with Crippen molar-refractivity contribution in [3.05, 3.63) is 59.0 Å². The van der Waals surface area contributed by atoms with Crippen LogP contribution in [0, 0.1) is 6.92 Å². The van der Waals surface area contributed by atoms with Crippen molar-refractivity contribution >= 4 is 22.9 Å². The van der Waals surface area contributed by atoms with E-state index in [4.69, 9.17) is 0 Å². The number of carbonyl (C=O) groups is 1. The molecule has 1 atom stereocenters. The predicted molar refractivity (Wildman–Crippen MR) is 118 cm³/mol. The molecule has 5 rings (SSSR count). The number of H-pyrrole nitrogens is 1. The van der Waals surface area contributed by atoms with E-state index in [2.05, 4.69) is 60.1 Å². The first-order chi connectivity index (χ1) is 15.5. The van der Waals surface area contributed by atoms with E-state index in [-0.39, 0.29) is 11.9 Å². The summed E-state index contributed by atoms with van der Waals surface area (Å²) in [5.41, 5.74) is 2.63. The quantitative estimate of drug-likeness (QED) is 0.408. The monoisotopic (exact) mass is 448 g/mol. The number of hydrogen-bond donors (Lipinski definition) is 2. The fourth-order valence-corrected chi connectivity index (χ4v) is 4.37. The van der Waals surface area contributed by atoms with Crippen LogP contribution in [0.3, 0.4) is 0 Å². The maximum atomic E-state index is 13.2. The van der Waals surface area contributed by atoms with E-state index < -0.39 is 0 Å². The smallest absolute Gasteiger partial charge is 0.253 e. The summed E-state index contributed by atoms with van der Waals surface area (Å²) in [7, 11) is 0. The maximum Gasteiger partial charge on any atom is 0.253 e. The predicted octanol–water partition coefficient (Wildman–Crippen LogP) is 2.52. The molecular weight excluding hydrogens is 428 g/mol. The van der Waals surface area contributed by atoms with Crippen LogP contribution in [0.15, 0.2) is 36.9 Å². The van der Waals surface area contributed by atoms with Gasteiger partial charge in [0.1, 0.15) is 12.0 Å². The molecule has 162 valence electrons. The summed E-state index contributed by atoms with van der Waals surface area (Å²) in [6.45, 7) is 5.87. The normalized spacial score (nSPS) is 12.3. The zero-order valence-electron chi connectivity index (χ0n) is 17.6. The molecule has 0 aliphatic heterocycles. The molecule has 11 nitrogen and oxygen atoms in total. The molecule has 0 saturated heterocycles. The number of pyridine rings is 1. The molecular formula is C20H20N10OS. The highest BCUT2D eigenvalue weighted by atomic mass is 32.1. The van der Waals surface area contributed by atoms with Crippen LogP contribution in [0.1, 0.15) is 46.8 Å². The number of aromatic amines is 1. The van der Waals surface area contributed by atoms with Crippen molar-refractivity contribution < 1.29 is 4.79 Å². The molecule has 0 aliphatic rings. The van der Waals surface area contributed by atoms with Gasteiger partial charge < -0.3 is 10.3 Å². The van der Waals surface area contributed by atoms with Crippen molar-refractivity contribution in [3.63, 3.8) is 0 Å². The number of tetrazole rings is 1. The number of rotatable bonds is 6. The van der Waals surface area contributed by atoms with E-state index in [1.807, 2.05) is 18.2 Å². The van der Waals surface area contributed by atoms with E-state index in [9.17, 15) is 4.79 Å². The van der Waals surface area contributed by atoms with Gasteiger partial charge in [-0.15, -0.1) is 26.6 Å². The van der Waals surface area contributed by atoms with Gasteiger partial charge in [-0.05, 0) is 42.5 Å². The molecule has 0 aliphatic carbocycles. The van der Waals surface area contributed by atoms with E-state index in [1.165, 1.54) is 11.2 Å². The van der Waals surface area contributed by atoms with E-state index in [0.717, 1.165) is 10.6 Å². The molecule has 32 heavy (non-hydrogen) atoms. The molecule has 0 radical (unpaired) electrons. The highest BCUT2D eigenvalue weighted by Gasteiger charge is 2.21. The summed E-state index contributed by atoms with van der Waals surface area (Å²) in [4.78, 5) is 23.0. The molecule has 5 aromatic heterocycles. The molecule has 2 N–H and O–H groups in total. The van der Waals surface area contributed by atoms with E-state index >= 15 is 0 Å². The van der Waals surface area contributed by atoms with Crippen molar-refractivity contribution in [2.75, 3.05) is 0 Å². The van der Waals surface area contributed by atoms with Crippen LogP contribution >= 0.6 is 11.3 Å². The maximum absolute atomic E-state index is 13.2. The topological polar surface area (TPSA) is 132 Å². The lowest BCUT2D eigenvalue weighted by atomic mass is 10.2. The van der Waals surface area contributed by atoms with Crippen molar-refractivity contribution in [2.45, 2.75) is 33.2 Å². The minimum absolute atomic E-state index is 0.259. The lowest BCUT2D eigenvalue weighted by molar-refractivity contribution is 0.0938. The van der Waals surface area contributed by atoms with Crippen LogP contribution in [0.5, 0.6) is 0 Å². The average molecular weight is 449 g/mol. The second-order valence-corrected chi connectivity index (χ2v) is 8.58. The van der Waals surface area contributed by atoms with Gasteiger partial charge in [0.25, 0.3) is 5.91 Å². The summed E-state index contributed by atoms with van der Waals surface area (Å²) < 4.78 is 3.54. The van der Waals surface area contributed by atoms with Gasteiger partial charge in [-0.3, -0.25) is 9.20 Å². The number of thiophene rings is 1. The molecule has 5 heterocycles. The Morgan fingerprint density at radius 2 is 2.19 bits per heavy atom. The summed E-state index contributed by atoms with van der Waals surface area (Å²) >= 11 is 1.67. The van der Waals surface area contributed by atoms with E-state index in [0.29, 0.717) is 35.0 Å². The van der Waals surface area contributed by atoms with Crippen LogP contribution < -0.4 is 5.32 Å². The first-order valence-electron chi connectivity index (χ1n) is 10.1. The van der Waals surface area contributed by atoms with Crippen LogP contribution in [0.2, 0.25) is 0 Å². The summed E-state index contributed by atoms with van der Waals surface area (Å²) in [5.74, 6) is 0.993. The Morgan fingerprint density at radius 3 is 2.91 bits per heavy atom. The van der Waals surface area contributed by atoms with Gasteiger partial charge in [-0.2, -0.15) is 4.68 Å². The lowest BCUT2D eigenvalue weighted by Gasteiger charge is -2.13. The Labute approximate surface area is 186 Å². The minimum Gasteiger partial charge on any atom is -0.342 e. The highest BCUT2D eigenvalue weighted by Crippen LogP contribution is 2.30. The fourth-order valence-electron chi connectivity index (χ4n) is 3.49. The summed E-state index contributed by atoms with van der Waals surface area (Å²) in [6, 6.07) is 5.53. The third-order valence-electron chi connectivity index (χ3n) is 5.11. The second kappa shape index (κ2) is 7.96. The van der Waals surface area contributed by atoms with Crippen LogP contribution in [-0.2, 0) is 6.42 Å². The molecule has 1 amide bonds. The first-order valence-corrected chi connectivity index (χ1v) is 10.9. The van der Waals surface area contributed by atoms with Crippen LogP contribution in [-0.4, -0.2) is 50.7 Å². The average Bonchev–Trinajstić information content (AvgIpc) is 3.59. The van der Waals surface area contributed by atoms with Crippen molar-refractivity contribution in [3.8, 4) is 16.3 Å². The highest BCUT2D eigenvalue weighted by molar-refractivity contribution is 7.15. The standard InChI is InChI=1S/C20H20N10OS/c1-4-17-25-27-28-30(17)14-7-13(20(31)24-12(3)18-22-10-23-26-18)9-29-15(8-21-19(14)29)16-6-5-11(2)32-16/h5-10,12H,4H2,1-3H3,(H,24,31)(H,22,23,26). The number of amides is 1. The molecule has 0 fully saturated rings. The number of hydrogen-bond acceptors (Lipinski definition) is 8. The van der Waals surface area contributed by atoms with Gasteiger partial charge in [0.2, 0.25) is 0 Å². The van der Waals surface area contributed by atoms with Gasteiger partial charge in [-0.25, -0.2) is 4.98 Å². The van der Waals surface area contributed by atoms with Crippen molar-refractivity contribution in [2.24, 2.45) is 0 Å².